The Kier molecular flexibility index (Phi) is 4.52. The van der Waals surface area contributed by atoms with Crippen molar-refractivity contribution < 1.29 is 0 Å². The minimum atomic E-state index is 0.800. The van der Waals surface area contributed by atoms with Gasteiger partial charge in [-0.2, -0.15) is 0 Å². The lowest BCUT2D eigenvalue weighted by molar-refractivity contribution is 0.686. The Hall–Kier alpha value is -0.230. The SMILES string of the molecule is Brc1cc(CNCc2ccccn2)sc1Br. The predicted molar refractivity (Wildman–Crippen MR) is 74.5 cm³/mol. The van der Waals surface area contributed by atoms with Gasteiger partial charge in [0.15, 0.2) is 0 Å². The molecule has 0 aliphatic rings. The minimum Gasteiger partial charge on any atom is -0.306 e. The van der Waals surface area contributed by atoms with Crippen molar-refractivity contribution >= 4 is 43.2 Å². The standard InChI is InChI=1S/C11H10Br2N2S/c12-10-5-9(16-11(10)13)7-14-6-8-3-1-2-4-15-8/h1-5,14H,6-7H2. The van der Waals surface area contributed by atoms with Gasteiger partial charge in [0.1, 0.15) is 0 Å². The summed E-state index contributed by atoms with van der Waals surface area (Å²) in [4.78, 5) is 5.56. The Balaban J connectivity index is 1.84. The van der Waals surface area contributed by atoms with Crippen molar-refractivity contribution in [2.75, 3.05) is 0 Å². The summed E-state index contributed by atoms with van der Waals surface area (Å²) in [5.74, 6) is 0. The minimum absolute atomic E-state index is 0.800. The van der Waals surface area contributed by atoms with Crippen LogP contribution >= 0.6 is 43.2 Å². The van der Waals surface area contributed by atoms with Crippen LogP contribution < -0.4 is 5.32 Å². The summed E-state index contributed by atoms with van der Waals surface area (Å²) < 4.78 is 2.26. The van der Waals surface area contributed by atoms with Crippen molar-refractivity contribution in [3.05, 3.63) is 49.3 Å². The molecule has 0 aromatic carbocycles. The molecule has 16 heavy (non-hydrogen) atoms. The third kappa shape index (κ3) is 3.38. The highest BCUT2D eigenvalue weighted by molar-refractivity contribution is 9.13. The molecule has 0 saturated heterocycles. The van der Waals surface area contributed by atoms with Gasteiger partial charge in [0, 0.05) is 28.6 Å². The van der Waals surface area contributed by atoms with E-state index in [9.17, 15) is 0 Å². The molecular weight excluding hydrogens is 352 g/mol. The normalized spacial score (nSPS) is 10.6. The fraction of sp³-hybridized carbons (Fsp3) is 0.182. The van der Waals surface area contributed by atoms with E-state index in [0.29, 0.717) is 0 Å². The number of halogens is 2. The Labute approximate surface area is 115 Å². The maximum absolute atomic E-state index is 4.26. The first kappa shape index (κ1) is 12.2. The van der Waals surface area contributed by atoms with Crippen LogP contribution in [0.5, 0.6) is 0 Å². The van der Waals surface area contributed by atoms with E-state index in [4.69, 9.17) is 0 Å². The number of nitrogens with zero attached hydrogens (tertiary/aromatic N) is 1. The summed E-state index contributed by atoms with van der Waals surface area (Å²) in [5.41, 5.74) is 1.07. The topological polar surface area (TPSA) is 24.9 Å². The van der Waals surface area contributed by atoms with Gasteiger partial charge in [-0.25, -0.2) is 0 Å². The predicted octanol–water partition coefficient (Wildman–Crippen LogP) is 3.96. The van der Waals surface area contributed by atoms with E-state index < -0.39 is 0 Å². The molecule has 1 N–H and O–H groups in total. The molecule has 2 aromatic heterocycles. The molecule has 0 spiro atoms. The van der Waals surface area contributed by atoms with Crippen LogP contribution in [0.2, 0.25) is 0 Å². The zero-order chi connectivity index (χ0) is 11.4. The smallest absolute Gasteiger partial charge is 0.0843 e. The van der Waals surface area contributed by atoms with Gasteiger partial charge < -0.3 is 5.32 Å². The van der Waals surface area contributed by atoms with E-state index >= 15 is 0 Å². The number of rotatable bonds is 4. The lowest BCUT2D eigenvalue weighted by atomic mass is 10.3. The number of pyridine rings is 1. The molecule has 0 unspecified atom stereocenters. The second-order valence-electron chi connectivity index (χ2n) is 3.26. The molecule has 5 heteroatoms. The molecule has 0 bridgehead atoms. The van der Waals surface area contributed by atoms with Gasteiger partial charge in [-0.15, -0.1) is 11.3 Å². The van der Waals surface area contributed by atoms with Crippen LogP contribution in [0.15, 0.2) is 38.7 Å². The molecule has 0 fully saturated rings. The van der Waals surface area contributed by atoms with Crippen molar-refractivity contribution in [3.63, 3.8) is 0 Å². The molecule has 0 atom stereocenters. The zero-order valence-corrected chi connectivity index (χ0v) is 12.4. The molecule has 2 rings (SSSR count). The largest absolute Gasteiger partial charge is 0.306 e. The second-order valence-corrected chi connectivity index (χ2v) is 6.57. The average molecular weight is 362 g/mol. The lowest BCUT2D eigenvalue weighted by Crippen LogP contribution is -2.12. The van der Waals surface area contributed by atoms with Gasteiger partial charge >= 0.3 is 0 Å². The molecule has 0 aliphatic heterocycles. The van der Waals surface area contributed by atoms with E-state index in [1.54, 1.807) is 11.3 Å². The van der Waals surface area contributed by atoms with Gasteiger partial charge in [-0.1, -0.05) is 6.07 Å². The number of hydrogen-bond donors (Lipinski definition) is 1. The monoisotopic (exact) mass is 360 g/mol. The lowest BCUT2D eigenvalue weighted by Gasteiger charge is -2.01. The van der Waals surface area contributed by atoms with Gasteiger partial charge in [0.25, 0.3) is 0 Å². The van der Waals surface area contributed by atoms with E-state index in [1.165, 1.54) is 4.88 Å². The fourth-order valence-electron chi connectivity index (χ4n) is 1.29. The maximum atomic E-state index is 4.26. The zero-order valence-electron chi connectivity index (χ0n) is 8.41. The van der Waals surface area contributed by atoms with Crippen molar-refractivity contribution in [1.29, 1.82) is 0 Å². The molecule has 0 aliphatic carbocycles. The highest BCUT2D eigenvalue weighted by Crippen LogP contribution is 2.32. The number of hydrogen-bond acceptors (Lipinski definition) is 3. The quantitative estimate of drug-likeness (QED) is 0.891. The Morgan fingerprint density at radius 1 is 1.25 bits per heavy atom. The summed E-state index contributed by atoms with van der Waals surface area (Å²) >= 11 is 8.70. The van der Waals surface area contributed by atoms with Crippen LogP contribution in [0.25, 0.3) is 0 Å². The first-order valence-corrected chi connectivity index (χ1v) is 7.20. The van der Waals surface area contributed by atoms with Gasteiger partial charge in [0.2, 0.25) is 0 Å². The Morgan fingerprint density at radius 3 is 2.75 bits per heavy atom. The summed E-state index contributed by atoms with van der Waals surface area (Å²) in [6, 6.07) is 8.08. The molecular formula is C11H10Br2N2S. The first-order valence-electron chi connectivity index (χ1n) is 4.80. The van der Waals surface area contributed by atoms with E-state index in [-0.39, 0.29) is 0 Å². The van der Waals surface area contributed by atoms with Crippen LogP contribution in [0.3, 0.4) is 0 Å². The summed E-state index contributed by atoms with van der Waals surface area (Å²) in [6.45, 7) is 1.67. The average Bonchev–Trinajstić information content (AvgIpc) is 2.60. The number of nitrogens with one attached hydrogen (secondary N) is 1. The number of thiophene rings is 1. The second kappa shape index (κ2) is 5.91. The molecule has 0 saturated carbocycles. The summed E-state index contributed by atoms with van der Waals surface area (Å²) in [6.07, 6.45) is 1.81. The van der Waals surface area contributed by atoms with Crippen LogP contribution in [-0.4, -0.2) is 4.98 Å². The van der Waals surface area contributed by atoms with Crippen LogP contribution in [-0.2, 0) is 13.1 Å². The third-order valence-corrected chi connectivity index (χ3v) is 5.28. The van der Waals surface area contributed by atoms with Gasteiger partial charge in [-0.3, -0.25) is 4.98 Å². The Morgan fingerprint density at radius 2 is 2.12 bits per heavy atom. The van der Waals surface area contributed by atoms with Crippen LogP contribution in [0, 0.1) is 0 Å². The molecule has 2 aromatic rings. The summed E-state index contributed by atoms with van der Waals surface area (Å²) in [7, 11) is 0. The highest BCUT2D eigenvalue weighted by atomic mass is 79.9. The van der Waals surface area contributed by atoms with Gasteiger partial charge in [0.05, 0.1) is 9.48 Å². The molecule has 0 amide bonds. The van der Waals surface area contributed by atoms with Crippen LogP contribution in [0.1, 0.15) is 10.6 Å². The van der Waals surface area contributed by atoms with Crippen molar-refractivity contribution in [2.45, 2.75) is 13.1 Å². The van der Waals surface area contributed by atoms with E-state index in [0.717, 1.165) is 27.0 Å². The fourth-order valence-corrected chi connectivity index (χ4v) is 3.44. The van der Waals surface area contributed by atoms with Crippen molar-refractivity contribution in [2.24, 2.45) is 0 Å². The van der Waals surface area contributed by atoms with E-state index in [2.05, 4.69) is 48.2 Å². The number of aromatic nitrogens is 1. The van der Waals surface area contributed by atoms with Crippen molar-refractivity contribution in [1.82, 2.24) is 10.3 Å². The van der Waals surface area contributed by atoms with Gasteiger partial charge in [-0.05, 0) is 50.1 Å². The highest BCUT2D eigenvalue weighted by Gasteiger charge is 2.03. The van der Waals surface area contributed by atoms with Crippen LogP contribution in [0.4, 0.5) is 0 Å². The molecule has 84 valence electrons. The third-order valence-electron chi connectivity index (χ3n) is 2.03. The van der Waals surface area contributed by atoms with Crippen molar-refractivity contribution in [3.8, 4) is 0 Å². The summed E-state index contributed by atoms with van der Waals surface area (Å²) in [5, 5.41) is 3.36. The Bertz CT molecular complexity index is 437. The maximum Gasteiger partial charge on any atom is 0.0843 e. The molecule has 2 nitrogen and oxygen atoms in total. The molecule has 0 radical (unpaired) electrons. The first-order chi connectivity index (χ1) is 7.75. The molecule has 2 heterocycles. The van der Waals surface area contributed by atoms with E-state index in [1.807, 2.05) is 24.4 Å².